The van der Waals surface area contributed by atoms with Crippen LogP contribution in [-0.4, -0.2) is 55.9 Å². The summed E-state index contributed by atoms with van der Waals surface area (Å²) in [5.74, 6) is 0. The highest BCUT2D eigenvalue weighted by Gasteiger charge is 1.97. The largest absolute Gasteiger partial charge is 0.309 e. The lowest BCUT2D eigenvalue weighted by atomic mass is 10.3. The van der Waals surface area contributed by atoms with Crippen molar-refractivity contribution in [3.8, 4) is 0 Å². The first-order valence-corrected chi connectivity index (χ1v) is 5.68. The van der Waals surface area contributed by atoms with Gasteiger partial charge in [0.25, 0.3) is 0 Å². The Bertz CT molecular complexity index is 96.5. The topological polar surface area (TPSA) is 6.48 Å². The van der Waals surface area contributed by atoms with Gasteiger partial charge in [-0.3, -0.25) is 0 Å². The highest BCUT2D eigenvalue weighted by atomic mass is 79.9. The zero-order valence-corrected chi connectivity index (χ0v) is 10.1. The third-order valence-corrected chi connectivity index (χ3v) is 2.38. The third kappa shape index (κ3) is 8.50. The Hall–Kier alpha value is 0.400. The number of hydrogen-bond donors (Lipinski definition) is 0. The minimum absolute atomic E-state index is 1.12. The minimum Gasteiger partial charge on any atom is -0.309 e. The first kappa shape index (κ1) is 12.4. The van der Waals surface area contributed by atoms with Gasteiger partial charge in [-0.1, -0.05) is 15.9 Å². The van der Waals surface area contributed by atoms with Gasteiger partial charge in [0.15, 0.2) is 0 Å². The molecular formula is C9H21BrN2. The highest BCUT2D eigenvalue weighted by molar-refractivity contribution is 9.09. The zero-order valence-electron chi connectivity index (χ0n) is 8.52. The second-order valence-corrected chi connectivity index (χ2v) is 4.30. The van der Waals surface area contributed by atoms with Crippen LogP contribution in [-0.2, 0) is 0 Å². The van der Waals surface area contributed by atoms with Crippen molar-refractivity contribution < 1.29 is 0 Å². The summed E-state index contributed by atoms with van der Waals surface area (Å²) in [6.45, 7) is 3.61. The predicted molar refractivity (Wildman–Crippen MR) is 59.1 cm³/mol. The summed E-state index contributed by atoms with van der Waals surface area (Å²) in [6.07, 6.45) is 2.52. The standard InChI is InChI=1S/C9H21BrN2/c1-11(2)7-5-9-12(3)8-4-6-10/h4-9H2,1-3H3. The molecule has 0 N–H and O–H groups in total. The lowest BCUT2D eigenvalue weighted by molar-refractivity contribution is 0.302. The van der Waals surface area contributed by atoms with E-state index in [1.54, 1.807) is 0 Å². The molecular weight excluding hydrogens is 216 g/mol. The van der Waals surface area contributed by atoms with E-state index in [0.29, 0.717) is 0 Å². The van der Waals surface area contributed by atoms with Crippen molar-refractivity contribution in [1.29, 1.82) is 0 Å². The molecule has 0 rings (SSSR count). The molecule has 0 aromatic heterocycles. The van der Waals surface area contributed by atoms with Gasteiger partial charge >= 0.3 is 0 Å². The summed E-state index contributed by atoms with van der Waals surface area (Å²) in [6, 6.07) is 0. The summed E-state index contributed by atoms with van der Waals surface area (Å²) in [5, 5.41) is 1.12. The molecule has 0 radical (unpaired) electrons. The quantitative estimate of drug-likeness (QED) is 0.621. The predicted octanol–water partition coefficient (Wildman–Crippen LogP) is 1.65. The molecule has 3 heteroatoms. The molecule has 0 bridgehead atoms. The molecule has 2 nitrogen and oxygen atoms in total. The lowest BCUT2D eigenvalue weighted by Gasteiger charge is -2.17. The van der Waals surface area contributed by atoms with Gasteiger partial charge < -0.3 is 9.80 Å². The normalized spacial score (nSPS) is 11.5. The van der Waals surface area contributed by atoms with E-state index in [9.17, 15) is 0 Å². The molecule has 0 aliphatic rings. The zero-order chi connectivity index (χ0) is 9.40. The van der Waals surface area contributed by atoms with Gasteiger partial charge in [-0.05, 0) is 53.6 Å². The van der Waals surface area contributed by atoms with Crippen molar-refractivity contribution in [2.24, 2.45) is 0 Å². The van der Waals surface area contributed by atoms with Crippen LogP contribution in [0, 0.1) is 0 Å². The van der Waals surface area contributed by atoms with Crippen LogP contribution in [0.3, 0.4) is 0 Å². The van der Waals surface area contributed by atoms with E-state index in [0.717, 1.165) is 5.33 Å². The molecule has 0 aliphatic heterocycles. The van der Waals surface area contributed by atoms with Gasteiger partial charge in [0, 0.05) is 5.33 Å². The molecule has 0 amide bonds. The second kappa shape index (κ2) is 8.02. The second-order valence-electron chi connectivity index (χ2n) is 3.50. The van der Waals surface area contributed by atoms with E-state index in [4.69, 9.17) is 0 Å². The summed E-state index contributed by atoms with van der Waals surface area (Å²) < 4.78 is 0. The molecule has 0 saturated carbocycles. The van der Waals surface area contributed by atoms with Gasteiger partial charge in [0.05, 0.1) is 0 Å². The molecule has 12 heavy (non-hydrogen) atoms. The van der Waals surface area contributed by atoms with Crippen LogP contribution >= 0.6 is 15.9 Å². The average molecular weight is 237 g/mol. The minimum atomic E-state index is 1.12. The third-order valence-electron chi connectivity index (χ3n) is 1.82. The number of alkyl halides is 1. The number of rotatable bonds is 7. The smallest absolute Gasteiger partial charge is 0.00434 e. The molecule has 0 unspecified atom stereocenters. The van der Waals surface area contributed by atoms with Crippen molar-refractivity contribution in [2.75, 3.05) is 46.1 Å². The van der Waals surface area contributed by atoms with Crippen LogP contribution in [0.15, 0.2) is 0 Å². The lowest BCUT2D eigenvalue weighted by Crippen LogP contribution is -2.24. The molecule has 0 fully saturated rings. The van der Waals surface area contributed by atoms with Crippen molar-refractivity contribution in [2.45, 2.75) is 12.8 Å². The summed E-state index contributed by atoms with van der Waals surface area (Å²) in [7, 11) is 6.44. The van der Waals surface area contributed by atoms with Crippen molar-refractivity contribution in [3.05, 3.63) is 0 Å². The van der Waals surface area contributed by atoms with E-state index in [-0.39, 0.29) is 0 Å². The van der Waals surface area contributed by atoms with Crippen molar-refractivity contribution >= 4 is 15.9 Å². The Morgan fingerprint density at radius 2 is 1.50 bits per heavy atom. The van der Waals surface area contributed by atoms with Gasteiger partial charge in [0.1, 0.15) is 0 Å². The number of hydrogen-bond acceptors (Lipinski definition) is 2. The van der Waals surface area contributed by atoms with Crippen molar-refractivity contribution in [1.82, 2.24) is 9.80 Å². The molecule has 0 aromatic carbocycles. The molecule has 0 heterocycles. The maximum Gasteiger partial charge on any atom is 0.00434 e. The molecule has 0 aromatic rings. The Morgan fingerprint density at radius 1 is 0.917 bits per heavy atom. The average Bonchev–Trinajstić information content (AvgIpc) is 2.00. The highest BCUT2D eigenvalue weighted by Crippen LogP contribution is 1.93. The fourth-order valence-electron chi connectivity index (χ4n) is 1.10. The summed E-state index contributed by atoms with van der Waals surface area (Å²) in [5.41, 5.74) is 0. The Balaban J connectivity index is 3.13. The van der Waals surface area contributed by atoms with Crippen LogP contribution in [0.1, 0.15) is 12.8 Å². The molecule has 0 saturated heterocycles. The summed E-state index contributed by atoms with van der Waals surface area (Å²) >= 11 is 3.43. The molecule has 0 spiro atoms. The Kier molecular flexibility index (Phi) is 8.29. The maximum absolute atomic E-state index is 3.43. The maximum atomic E-state index is 3.43. The Labute approximate surface area is 85.0 Å². The van der Waals surface area contributed by atoms with Gasteiger partial charge in [-0.15, -0.1) is 0 Å². The van der Waals surface area contributed by atoms with Gasteiger partial charge in [-0.2, -0.15) is 0 Å². The van der Waals surface area contributed by atoms with Crippen LogP contribution in [0.4, 0.5) is 0 Å². The van der Waals surface area contributed by atoms with Gasteiger partial charge in [-0.25, -0.2) is 0 Å². The number of halogens is 1. The van der Waals surface area contributed by atoms with Crippen LogP contribution < -0.4 is 0 Å². The number of nitrogens with zero attached hydrogens (tertiary/aromatic N) is 2. The first-order valence-electron chi connectivity index (χ1n) is 4.56. The molecule has 0 aliphatic carbocycles. The van der Waals surface area contributed by atoms with Crippen LogP contribution in [0.25, 0.3) is 0 Å². The monoisotopic (exact) mass is 236 g/mol. The van der Waals surface area contributed by atoms with Crippen LogP contribution in [0.5, 0.6) is 0 Å². The fourth-order valence-corrected chi connectivity index (χ4v) is 1.35. The molecule has 0 atom stereocenters. The van der Waals surface area contributed by atoms with E-state index >= 15 is 0 Å². The van der Waals surface area contributed by atoms with Crippen molar-refractivity contribution in [3.63, 3.8) is 0 Å². The Morgan fingerprint density at radius 3 is 2.00 bits per heavy atom. The van der Waals surface area contributed by atoms with Crippen LogP contribution in [0.2, 0.25) is 0 Å². The van der Waals surface area contributed by atoms with E-state index in [1.807, 2.05) is 0 Å². The van der Waals surface area contributed by atoms with E-state index in [2.05, 4.69) is 46.9 Å². The van der Waals surface area contributed by atoms with Gasteiger partial charge in [0.2, 0.25) is 0 Å². The fraction of sp³-hybridized carbons (Fsp3) is 1.00. The SMILES string of the molecule is CN(C)CCCN(C)CCCBr. The van der Waals surface area contributed by atoms with E-state index < -0.39 is 0 Å². The first-order chi connectivity index (χ1) is 5.66. The molecule has 74 valence electrons. The van der Waals surface area contributed by atoms with E-state index in [1.165, 1.54) is 32.5 Å². The summed E-state index contributed by atoms with van der Waals surface area (Å²) in [4.78, 5) is 4.63.